The number of amides is 1. The summed E-state index contributed by atoms with van der Waals surface area (Å²) in [6.45, 7) is 12.1. The second-order valence-electron chi connectivity index (χ2n) is 7.32. The number of rotatable bonds is 9. The Hall–Kier alpha value is -3.80. The summed E-state index contributed by atoms with van der Waals surface area (Å²) in [5.41, 5.74) is 1.98. The highest BCUT2D eigenvalue weighted by Crippen LogP contribution is 2.40. The van der Waals surface area contributed by atoms with Gasteiger partial charge in [-0.15, -0.1) is 6.58 Å². The molecule has 1 fully saturated rings. The second-order valence-corrected chi connectivity index (χ2v) is 7.32. The lowest BCUT2D eigenvalue weighted by molar-refractivity contribution is -0.139. The van der Waals surface area contributed by atoms with Crippen LogP contribution in [-0.4, -0.2) is 41.5 Å². The van der Waals surface area contributed by atoms with Crippen LogP contribution in [0.5, 0.6) is 11.5 Å². The maximum absolute atomic E-state index is 12.9. The lowest BCUT2D eigenvalue weighted by Crippen LogP contribution is -2.29. The third-order valence-electron chi connectivity index (χ3n) is 5.18. The highest BCUT2D eigenvalue weighted by atomic mass is 16.5. The summed E-state index contributed by atoms with van der Waals surface area (Å²) in [6, 6.07) is 11.5. The molecular weight excluding hydrogens is 406 g/mol. The fourth-order valence-corrected chi connectivity index (χ4v) is 3.73. The van der Waals surface area contributed by atoms with Gasteiger partial charge in [-0.1, -0.05) is 30.9 Å². The third-order valence-corrected chi connectivity index (χ3v) is 5.18. The van der Waals surface area contributed by atoms with E-state index in [1.54, 1.807) is 54.6 Å². The van der Waals surface area contributed by atoms with Crippen LogP contribution in [0.2, 0.25) is 0 Å². The first-order valence-electron chi connectivity index (χ1n) is 10.4. The van der Waals surface area contributed by atoms with E-state index in [-0.39, 0.29) is 17.9 Å². The van der Waals surface area contributed by atoms with Crippen molar-refractivity contribution in [2.75, 3.05) is 19.8 Å². The molecule has 0 aromatic heterocycles. The highest BCUT2D eigenvalue weighted by molar-refractivity contribution is 6.46. The fraction of sp³-hybridized carbons (Fsp3) is 0.231. The van der Waals surface area contributed by atoms with Crippen molar-refractivity contribution in [1.82, 2.24) is 4.90 Å². The van der Waals surface area contributed by atoms with Crippen molar-refractivity contribution in [1.29, 1.82) is 0 Å². The molecule has 1 atom stereocenters. The van der Waals surface area contributed by atoms with E-state index in [0.717, 1.165) is 5.56 Å². The molecule has 1 N–H and O–H groups in total. The van der Waals surface area contributed by atoms with E-state index in [2.05, 4.69) is 13.2 Å². The second kappa shape index (κ2) is 10.0. The smallest absolute Gasteiger partial charge is 0.295 e. The molecule has 2 aromatic carbocycles. The van der Waals surface area contributed by atoms with E-state index in [0.29, 0.717) is 35.8 Å². The Bertz CT molecular complexity index is 1070. The molecule has 1 aliphatic rings. The number of ether oxygens (including phenoxy) is 2. The molecule has 0 spiro atoms. The summed E-state index contributed by atoms with van der Waals surface area (Å²) in [4.78, 5) is 27.1. The predicted molar refractivity (Wildman–Crippen MR) is 124 cm³/mol. The van der Waals surface area contributed by atoms with Crippen molar-refractivity contribution in [3.8, 4) is 11.5 Å². The Morgan fingerprint density at radius 3 is 2.41 bits per heavy atom. The standard InChI is InChI=1S/C26H27NO5/c1-5-14-27-23(18-8-11-20(12-9-18)32-15-6-2)22(25(29)26(27)30)24(28)19-10-13-21(31-7-3)17(4)16-19/h5-6,8-13,16,23,28H,1-2,7,14-15H2,3-4H3/t23-/m0/s1. The first-order valence-corrected chi connectivity index (χ1v) is 10.4. The van der Waals surface area contributed by atoms with Gasteiger partial charge in [0.25, 0.3) is 11.7 Å². The Morgan fingerprint density at radius 1 is 1.09 bits per heavy atom. The average molecular weight is 434 g/mol. The van der Waals surface area contributed by atoms with Crippen LogP contribution in [0, 0.1) is 6.92 Å². The van der Waals surface area contributed by atoms with E-state index >= 15 is 0 Å². The van der Waals surface area contributed by atoms with E-state index < -0.39 is 17.7 Å². The van der Waals surface area contributed by atoms with Gasteiger partial charge in [0.2, 0.25) is 0 Å². The lowest BCUT2D eigenvalue weighted by Gasteiger charge is -2.24. The summed E-state index contributed by atoms with van der Waals surface area (Å²) >= 11 is 0. The van der Waals surface area contributed by atoms with Gasteiger partial charge in [0.05, 0.1) is 18.2 Å². The molecule has 166 valence electrons. The number of ketones is 1. The molecule has 1 heterocycles. The van der Waals surface area contributed by atoms with Gasteiger partial charge >= 0.3 is 0 Å². The number of aliphatic hydroxyl groups excluding tert-OH is 1. The molecule has 1 amide bonds. The molecule has 0 radical (unpaired) electrons. The van der Waals surface area contributed by atoms with Gasteiger partial charge in [0.1, 0.15) is 23.9 Å². The Morgan fingerprint density at radius 2 is 1.81 bits per heavy atom. The first-order chi connectivity index (χ1) is 15.4. The zero-order chi connectivity index (χ0) is 23.3. The Balaban J connectivity index is 2.09. The number of likely N-dealkylation sites (tertiary alicyclic amines) is 1. The molecule has 1 saturated heterocycles. The van der Waals surface area contributed by atoms with E-state index in [4.69, 9.17) is 9.47 Å². The van der Waals surface area contributed by atoms with Gasteiger partial charge in [-0.25, -0.2) is 0 Å². The minimum absolute atomic E-state index is 0.0418. The number of Topliss-reactive ketones (excluding diaryl/α,β-unsaturated/α-hetero) is 1. The zero-order valence-corrected chi connectivity index (χ0v) is 18.3. The SMILES string of the molecule is C=CCOc1ccc([C@H]2C(=C(O)c3ccc(OCC)c(C)c3)C(=O)C(=O)N2CC=C)cc1. The number of benzene rings is 2. The molecule has 3 rings (SSSR count). The topological polar surface area (TPSA) is 76.1 Å². The number of aryl methyl sites for hydroxylation is 1. The zero-order valence-electron chi connectivity index (χ0n) is 18.3. The van der Waals surface area contributed by atoms with Gasteiger partial charge in [-0.2, -0.15) is 0 Å². The molecule has 32 heavy (non-hydrogen) atoms. The minimum atomic E-state index is -0.742. The number of carbonyl (C=O) groups is 2. The molecule has 0 unspecified atom stereocenters. The molecule has 1 aliphatic heterocycles. The molecule has 0 saturated carbocycles. The van der Waals surface area contributed by atoms with Crippen LogP contribution >= 0.6 is 0 Å². The number of nitrogens with zero attached hydrogens (tertiary/aromatic N) is 1. The summed E-state index contributed by atoms with van der Waals surface area (Å²) in [5.74, 6) is -0.295. The highest BCUT2D eigenvalue weighted by Gasteiger charge is 2.45. The predicted octanol–water partition coefficient (Wildman–Crippen LogP) is 4.57. The lowest BCUT2D eigenvalue weighted by atomic mass is 9.94. The largest absolute Gasteiger partial charge is 0.507 e. The van der Waals surface area contributed by atoms with Crippen LogP contribution in [0.3, 0.4) is 0 Å². The van der Waals surface area contributed by atoms with Crippen LogP contribution in [0.15, 0.2) is 73.3 Å². The van der Waals surface area contributed by atoms with Crippen molar-refractivity contribution in [2.24, 2.45) is 0 Å². The Kier molecular flexibility index (Phi) is 7.15. The molecule has 0 aliphatic carbocycles. The molecule has 6 nitrogen and oxygen atoms in total. The molecule has 0 bridgehead atoms. The van der Waals surface area contributed by atoms with Gasteiger partial charge in [0, 0.05) is 12.1 Å². The van der Waals surface area contributed by atoms with Gasteiger partial charge in [0.15, 0.2) is 0 Å². The number of carbonyl (C=O) groups excluding carboxylic acids is 2. The van der Waals surface area contributed by atoms with Gasteiger partial charge in [-0.3, -0.25) is 9.59 Å². The van der Waals surface area contributed by atoms with Gasteiger partial charge < -0.3 is 19.5 Å². The summed E-state index contributed by atoms with van der Waals surface area (Å²) in [6.07, 6.45) is 3.20. The minimum Gasteiger partial charge on any atom is -0.507 e. The van der Waals surface area contributed by atoms with Crippen LogP contribution in [0.4, 0.5) is 0 Å². The normalized spacial score (nSPS) is 17.3. The maximum atomic E-state index is 12.9. The first kappa shape index (κ1) is 22.9. The van der Waals surface area contributed by atoms with Crippen molar-refractivity contribution >= 4 is 17.4 Å². The summed E-state index contributed by atoms with van der Waals surface area (Å²) in [7, 11) is 0. The van der Waals surface area contributed by atoms with Crippen LogP contribution in [0.25, 0.3) is 5.76 Å². The van der Waals surface area contributed by atoms with Crippen LogP contribution in [0.1, 0.15) is 29.7 Å². The van der Waals surface area contributed by atoms with Crippen LogP contribution in [-0.2, 0) is 9.59 Å². The van der Waals surface area contributed by atoms with Crippen molar-refractivity contribution in [2.45, 2.75) is 19.9 Å². The number of aliphatic hydroxyl groups is 1. The third kappa shape index (κ3) is 4.44. The van der Waals surface area contributed by atoms with Gasteiger partial charge in [-0.05, 0) is 55.3 Å². The Labute approximate surface area is 188 Å². The number of hydrogen-bond acceptors (Lipinski definition) is 5. The summed E-state index contributed by atoms with van der Waals surface area (Å²) < 4.78 is 11.1. The molecular formula is C26H27NO5. The number of hydrogen-bond donors (Lipinski definition) is 1. The van der Waals surface area contributed by atoms with E-state index in [1.807, 2.05) is 13.8 Å². The summed E-state index contributed by atoms with van der Waals surface area (Å²) in [5, 5.41) is 11.1. The van der Waals surface area contributed by atoms with Crippen LogP contribution < -0.4 is 9.47 Å². The van der Waals surface area contributed by atoms with Crippen molar-refractivity contribution in [3.05, 3.63) is 90.0 Å². The molecule has 2 aromatic rings. The van der Waals surface area contributed by atoms with Crippen molar-refractivity contribution < 1.29 is 24.2 Å². The quantitative estimate of drug-likeness (QED) is 0.271. The van der Waals surface area contributed by atoms with Crippen molar-refractivity contribution in [3.63, 3.8) is 0 Å². The van der Waals surface area contributed by atoms with E-state index in [9.17, 15) is 14.7 Å². The van der Waals surface area contributed by atoms with E-state index in [1.165, 1.54) is 4.90 Å². The molecule has 6 heteroatoms. The maximum Gasteiger partial charge on any atom is 0.295 e. The monoisotopic (exact) mass is 433 g/mol. The average Bonchev–Trinajstić information content (AvgIpc) is 3.04. The fourth-order valence-electron chi connectivity index (χ4n) is 3.73.